The molecular weight excluding hydrogens is 260 g/mol. The fourth-order valence-corrected chi connectivity index (χ4v) is 2.78. The van der Waals surface area contributed by atoms with Crippen LogP contribution in [-0.2, 0) is 14.2 Å². The van der Waals surface area contributed by atoms with Crippen LogP contribution in [0.2, 0.25) is 0 Å². The fourth-order valence-electron chi connectivity index (χ4n) is 2.06. The normalized spacial score (nSPS) is 30.6. The van der Waals surface area contributed by atoms with Gasteiger partial charge in [-0.05, 0) is 19.3 Å². The van der Waals surface area contributed by atoms with Crippen molar-refractivity contribution in [3.63, 3.8) is 0 Å². The molecule has 2 rings (SSSR count). The van der Waals surface area contributed by atoms with Gasteiger partial charge in [-0.15, -0.1) is 0 Å². The first-order valence-electron chi connectivity index (χ1n) is 5.68. The van der Waals surface area contributed by atoms with Crippen LogP contribution >= 0.6 is 15.9 Å². The highest BCUT2D eigenvalue weighted by atomic mass is 79.9. The number of rotatable bonds is 4. The summed E-state index contributed by atoms with van der Waals surface area (Å²) in [5, 5.41) is 1.01. The molecule has 0 aromatic rings. The van der Waals surface area contributed by atoms with Crippen LogP contribution in [0.5, 0.6) is 0 Å². The molecule has 1 atom stereocenters. The Morgan fingerprint density at radius 3 is 2.60 bits per heavy atom. The van der Waals surface area contributed by atoms with Gasteiger partial charge in [-0.3, -0.25) is 0 Å². The maximum absolute atomic E-state index is 5.93. The quantitative estimate of drug-likeness (QED) is 0.736. The third-order valence-electron chi connectivity index (χ3n) is 3.35. The van der Waals surface area contributed by atoms with Crippen LogP contribution in [0.25, 0.3) is 0 Å². The summed E-state index contributed by atoms with van der Waals surface area (Å²) in [7, 11) is 0. The lowest BCUT2D eigenvalue weighted by atomic mass is 9.83. The number of ether oxygens (including phenoxy) is 3. The Morgan fingerprint density at radius 2 is 2.00 bits per heavy atom. The van der Waals surface area contributed by atoms with Crippen LogP contribution in [0.4, 0.5) is 0 Å². The van der Waals surface area contributed by atoms with E-state index in [2.05, 4.69) is 15.9 Å². The first kappa shape index (κ1) is 11.8. The summed E-state index contributed by atoms with van der Waals surface area (Å²) in [5.74, 6) is 0. The average Bonchev–Trinajstić information content (AvgIpc) is 2.81. The van der Waals surface area contributed by atoms with E-state index in [1.54, 1.807) is 0 Å². The molecule has 0 aliphatic carbocycles. The van der Waals surface area contributed by atoms with Gasteiger partial charge in [0.25, 0.3) is 0 Å². The second-order valence-corrected chi connectivity index (χ2v) is 5.10. The van der Waals surface area contributed by atoms with Gasteiger partial charge in [-0.2, -0.15) is 0 Å². The highest BCUT2D eigenvalue weighted by Crippen LogP contribution is 2.33. The van der Waals surface area contributed by atoms with Crippen molar-refractivity contribution in [3.8, 4) is 0 Å². The van der Waals surface area contributed by atoms with Crippen LogP contribution in [0.15, 0.2) is 0 Å². The molecule has 1 unspecified atom stereocenters. The fraction of sp³-hybridized carbons (Fsp3) is 1.00. The topological polar surface area (TPSA) is 27.7 Å². The van der Waals surface area contributed by atoms with E-state index in [9.17, 15) is 0 Å². The van der Waals surface area contributed by atoms with Crippen molar-refractivity contribution in [2.45, 2.75) is 25.4 Å². The van der Waals surface area contributed by atoms with Crippen molar-refractivity contribution in [1.29, 1.82) is 0 Å². The molecule has 88 valence electrons. The summed E-state index contributed by atoms with van der Waals surface area (Å²) in [5.41, 5.74) is 0.292. The molecule has 0 bridgehead atoms. The predicted octanol–water partition coefficient (Wildman–Crippen LogP) is 1.98. The van der Waals surface area contributed by atoms with Gasteiger partial charge in [0.15, 0.2) is 0 Å². The van der Waals surface area contributed by atoms with E-state index in [-0.39, 0.29) is 0 Å². The summed E-state index contributed by atoms with van der Waals surface area (Å²) in [4.78, 5) is 0. The molecule has 2 saturated heterocycles. The van der Waals surface area contributed by atoms with Crippen molar-refractivity contribution >= 4 is 15.9 Å². The minimum Gasteiger partial charge on any atom is -0.381 e. The first-order chi connectivity index (χ1) is 7.35. The van der Waals surface area contributed by atoms with Crippen LogP contribution in [-0.4, -0.2) is 44.5 Å². The van der Waals surface area contributed by atoms with Crippen molar-refractivity contribution in [1.82, 2.24) is 0 Å². The predicted molar refractivity (Wildman–Crippen MR) is 61.5 cm³/mol. The van der Waals surface area contributed by atoms with E-state index in [1.165, 1.54) is 0 Å². The molecule has 2 fully saturated rings. The monoisotopic (exact) mass is 278 g/mol. The zero-order valence-corrected chi connectivity index (χ0v) is 10.6. The molecule has 3 nitrogen and oxygen atoms in total. The van der Waals surface area contributed by atoms with Gasteiger partial charge in [0.05, 0.1) is 19.3 Å². The Morgan fingerprint density at radius 1 is 1.20 bits per heavy atom. The second kappa shape index (κ2) is 5.62. The Balaban J connectivity index is 1.78. The minimum atomic E-state index is 0.292. The number of halogens is 1. The summed E-state index contributed by atoms with van der Waals surface area (Å²) in [6.07, 6.45) is 3.58. The molecule has 0 aromatic heterocycles. The van der Waals surface area contributed by atoms with Crippen LogP contribution in [0.1, 0.15) is 19.3 Å². The summed E-state index contributed by atoms with van der Waals surface area (Å²) in [6.45, 7) is 4.21. The molecule has 0 radical (unpaired) electrons. The van der Waals surface area contributed by atoms with E-state index in [4.69, 9.17) is 14.2 Å². The number of alkyl halides is 1. The van der Waals surface area contributed by atoms with Gasteiger partial charge in [0.2, 0.25) is 0 Å². The van der Waals surface area contributed by atoms with E-state index in [0.29, 0.717) is 11.5 Å². The maximum atomic E-state index is 5.93. The average molecular weight is 279 g/mol. The van der Waals surface area contributed by atoms with Gasteiger partial charge in [0.1, 0.15) is 0 Å². The molecule has 0 N–H and O–H groups in total. The lowest BCUT2D eigenvalue weighted by Crippen LogP contribution is -2.37. The van der Waals surface area contributed by atoms with Gasteiger partial charge >= 0.3 is 0 Å². The standard InChI is InChI=1S/C11H19BrO3/c12-8-11(2-5-13-6-3-11)9-15-10-1-4-14-7-10/h10H,1-9H2. The Kier molecular flexibility index (Phi) is 4.43. The zero-order valence-electron chi connectivity index (χ0n) is 9.04. The number of hydrogen-bond acceptors (Lipinski definition) is 3. The summed E-state index contributed by atoms with van der Waals surface area (Å²) >= 11 is 3.61. The molecule has 4 heteroatoms. The van der Waals surface area contributed by atoms with Crippen molar-refractivity contribution < 1.29 is 14.2 Å². The molecule has 0 spiro atoms. The smallest absolute Gasteiger partial charge is 0.0830 e. The molecule has 0 aromatic carbocycles. The summed E-state index contributed by atoms with van der Waals surface area (Å²) in [6, 6.07) is 0. The van der Waals surface area contributed by atoms with Gasteiger partial charge in [-0.25, -0.2) is 0 Å². The molecular formula is C11H19BrO3. The van der Waals surface area contributed by atoms with Gasteiger partial charge in [-0.1, -0.05) is 15.9 Å². The van der Waals surface area contributed by atoms with Gasteiger partial charge < -0.3 is 14.2 Å². The Labute approximate surface area is 99.6 Å². The van der Waals surface area contributed by atoms with Gasteiger partial charge in [0, 0.05) is 30.6 Å². The Bertz CT molecular complexity index is 186. The highest BCUT2D eigenvalue weighted by molar-refractivity contribution is 9.09. The van der Waals surface area contributed by atoms with Crippen molar-refractivity contribution in [2.75, 3.05) is 38.4 Å². The van der Waals surface area contributed by atoms with Crippen LogP contribution in [0.3, 0.4) is 0 Å². The van der Waals surface area contributed by atoms with Crippen LogP contribution < -0.4 is 0 Å². The van der Waals surface area contributed by atoms with Crippen molar-refractivity contribution in [3.05, 3.63) is 0 Å². The molecule has 0 saturated carbocycles. The highest BCUT2D eigenvalue weighted by Gasteiger charge is 2.33. The lowest BCUT2D eigenvalue weighted by Gasteiger charge is -2.36. The molecule has 15 heavy (non-hydrogen) atoms. The third-order valence-corrected chi connectivity index (χ3v) is 4.54. The van der Waals surface area contributed by atoms with E-state index >= 15 is 0 Å². The van der Waals surface area contributed by atoms with Crippen LogP contribution in [0, 0.1) is 5.41 Å². The van der Waals surface area contributed by atoms with E-state index in [0.717, 1.165) is 57.6 Å². The molecule has 2 heterocycles. The minimum absolute atomic E-state index is 0.292. The van der Waals surface area contributed by atoms with E-state index in [1.807, 2.05) is 0 Å². The largest absolute Gasteiger partial charge is 0.381 e. The first-order valence-corrected chi connectivity index (χ1v) is 6.80. The maximum Gasteiger partial charge on any atom is 0.0830 e. The zero-order chi connectivity index (χ0) is 10.6. The second-order valence-electron chi connectivity index (χ2n) is 4.54. The third kappa shape index (κ3) is 3.16. The molecule has 0 amide bonds. The number of hydrogen-bond donors (Lipinski definition) is 0. The van der Waals surface area contributed by atoms with E-state index < -0.39 is 0 Å². The van der Waals surface area contributed by atoms with Crippen molar-refractivity contribution in [2.24, 2.45) is 5.41 Å². The molecule has 2 aliphatic heterocycles. The molecule has 2 aliphatic rings. The summed E-state index contributed by atoms with van der Waals surface area (Å²) < 4.78 is 16.6. The Hall–Kier alpha value is 0.360. The lowest BCUT2D eigenvalue weighted by molar-refractivity contribution is -0.0525. The SMILES string of the molecule is BrCC1(COC2CCOC2)CCOCC1.